The summed E-state index contributed by atoms with van der Waals surface area (Å²) in [6.45, 7) is 2.58. The summed E-state index contributed by atoms with van der Waals surface area (Å²) >= 11 is 0. The number of hydrogen-bond acceptors (Lipinski definition) is 8. The first-order chi connectivity index (χ1) is 19.8. The molecule has 3 heterocycles. The number of aliphatic hydroxyl groups excluding tert-OH is 1. The van der Waals surface area contributed by atoms with Gasteiger partial charge in [-0.25, -0.2) is 9.37 Å². The van der Waals surface area contributed by atoms with Crippen LogP contribution in [0.2, 0.25) is 0 Å². The molecule has 2 aliphatic rings. The van der Waals surface area contributed by atoms with Gasteiger partial charge in [-0.3, -0.25) is 19.2 Å². The Morgan fingerprint density at radius 1 is 1.00 bits per heavy atom. The van der Waals surface area contributed by atoms with Crippen LogP contribution in [0, 0.1) is 35.4 Å². The van der Waals surface area contributed by atoms with E-state index in [1.54, 1.807) is 0 Å². The van der Waals surface area contributed by atoms with E-state index in [4.69, 9.17) is 0 Å². The maximum absolute atomic E-state index is 14.5. The highest BCUT2D eigenvalue weighted by molar-refractivity contribution is 5.98. The number of aliphatic hydroxyl groups is 1. The SMILES string of the molecule is CC1NC(=O)C(C2CC2)NC(=O)C(C)C(O)C(Cc2c(F)nc(F)c(F)c2F)NC(=O)C1NC(=O)c1ncccc1O. The van der Waals surface area contributed by atoms with Gasteiger partial charge in [0.2, 0.25) is 29.5 Å². The Morgan fingerprint density at radius 3 is 2.33 bits per heavy atom. The highest BCUT2D eigenvalue weighted by Crippen LogP contribution is 2.33. The summed E-state index contributed by atoms with van der Waals surface area (Å²) in [7, 11) is 0. The molecule has 226 valence electrons. The Kier molecular flexibility index (Phi) is 8.94. The van der Waals surface area contributed by atoms with Crippen molar-refractivity contribution in [1.29, 1.82) is 0 Å². The average molecular weight is 597 g/mol. The van der Waals surface area contributed by atoms with E-state index in [9.17, 15) is 47.0 Å². The van der Waals surface area contributed by atoms with Gasteiger partial charge in [0.05, 0.1) is 24.1 Å². The van der Waals surface area contributed by atoms with Crippen molar-refractivity contribution in [2.75, 3.05) is 0 Å². The molecule has 6 unspecified atom stereocenters. The van der Waals surface area contributed by atoms with Gasteiger partial charge >= 0.3 is 0 Å². The molecule has 6 atom stereocenters. The Bertz CT molecular complexity index is 1410. The molecule has 0 radical (unpaired) electrons. The number of hydrogen-bond donors (Lipinski definition) is 6. The molecule has 4 amide bonds. The zero-order chi connectivity index (χ0) is 30.9. The lowest BCUT2D eigenvalue weighted by atomic mass is 9.91. The number of carbonyl (C=O) groups is 4. The lowest BCUT2D eigenvalue weighted by molar-refractivity contribution is -0.136. The number of aromatic nitrogens is 2. The van der Waals surface area contributed by atoms with E-state index in [1.165, 1.54) is 32.2 Å². The van der Waals surface area contributed by atoms with Crippen LogP contribution in [0.4, 0.5) is 17.6 Å². The molecule has 4 rings (SSSR count). The third kappa shape index (κ3) is 6.42. The fraction of sp³-hybridized carbons (Fsp3) is 0.462. The minimum absolute atomic E-state index is 0.243. The second kappa shape index (κ2) is 12.3. The molecule has 42 heavy (non-hydrogen) atoms. The minimum Gasteiger partial charge on any atom is -0.505 e. The van der Waals surface area contributed by atoms with Gasteiger partial charge < -0.3 is 31.5 Å². The minimum atomic E-state index is -2.09. The van der Waals surface area contributed by atoms with Crippen LogP contribution in [-0.2, 0) is 20.8 Å². The Balaban J connectivity index is 1.73. The molecule has 16 heteroatoms. The van der Waals surface area contributed by atoms with Crippen LogP contribution >= 0.6 is 0 Å². The van der Waals surface area contributed by atoms with Gasteiger partial charge in [-0.05, 0) is 37.8 Å². The summed E-state index contributed by atoms with van der Waals surface area (Å²) in [5.41, 5.74) is -1.57. The summed E-state index contributed by atoms with van der Waals surface area (Å²) in [4.78, 5) is 59.0. The van der Waals surface area contributed by atoms with Gasteiger partial charge in [-0.1, -0.05) is 6.92 Å². The molecular weight excluding hydrogens is 568 g/mol. The van der Waals surface area contributed by atoms with E-state index in [2.05, 4.69) is 31.2 Å². The molecule has 12 nitrogen and oxygen atoms in total. The summed E-state index contributed by atoms with van der Waals surface area (Å²) in [6.07, 6.45) is -0.451. The maximum Gasteiger partial charge on any atom is 0.274 e. The van der Waals surface area contributed by atoms with Crippen molar-refractivity contribution in [1.82, 2.24) is 31.2 Å². The molecule has 1 aliphatic carbocycles. The number of aromatic hydroxyl groups is 1. The van der Waals surface area contributed by atoms with Crippen molar-refractivity contribution < 1.29 is 47.0 Å². The van der Waals surface area contributed by atoms with Crippen LogP contribution in [0.3, 0.4) is 0 Å². The highest BCUT2D eigenvalue weighted by atomic mass is 19.2. The van der Waals surface area contributed by atoms with Crippen molar-refractivity contribution in [2.45, 2.75) is 63.4 Å². The number of rotatable bonds is 5. The smallest absolute Gasteiger partial charge is 0.274 e. The topological polar surface area (TPSA) is 183 Å². The average Bonchev–Trinajstić information content (AvgIpc) is 3.78. The number of halogens is 4. The van der Waals surface area contributed by atoms with E-state index in [0.717, 1.165) is 0 Å². The molecule has 2 aromatic rings. The third-order valence-electron chi connectivity index (χ3n) is 7.29. The number of nitrogens with one attached hydrogen (secondary N) is 4. The number of pyridine rings is 2. The van der Waals surface area contributed by atoms with Gasteiger partial charge in [-0.15, -0.1) is 0 Å². The molecule has 0 aromatic carbocycles. The second-order valence-electron chi connectivity index (χ2n) is 10.3. The van der Waals surface area contributed by atoms with Gasteiger partial charge in [0.15, 0.2) is 11.5 Å². The summed E-state index contributed by atoms with van der Waals surface area (Å²) < 4.78 is 56.3. The Morgan fingerprint density at radius 2 is 1.69 bits per heavy atom. The van der Waals surface area contributed by atoms with Crippen LogP contribution in [0.25, 0.3) is 0 Å². The number of nitrogens with zero attached hydrogens (tertiary/aromatic N) is 2. The maximum atomic E-state index is 14.5. The van der Waals surface area contributed by atoms with Crippen molar-refractivity contribution in [3.05, 3.63) is 53.1 Å². The predicted octanol–water partition coefficient (Wildman–Crippen LogP) is -0.0254. The Labute approximate surface area is 236 Å². The van der Waals surface area contributed by atoms with E-state index in [1.807, 2.05) is 0 Å². The van der Waals surface area contributed by atoms with Crippen LogP contribution < -0.4 is 21.3 Å². The van der Waals surface area contributed by atoms with Crippen LogP contribution in [0.1, 0.15) is 42.7 Å². The van der Waals surface area contributed by atoms with Crippen LogP contribution in [0.15, 0.2) is 18.3 Å². The monoisotopic (exact) mass is 596 g/mol. The first-order valence-electron chi connectivity index (χ1n) is 13.0. The molecule has 2 aromatic heterocycles. The van der Waals surface area contributed by atoms with Gasteiger partial charge in [-0.2, -0.15) is 18.2 Å². The standard InChI is InChI=1S/C26H28F4N6O6/c1-9-20(38)13(8-12-15(27)16(28)22(30)36-21(12)29)33-24(40)17(34-26(42)19-14(37)4-3-7-31-19)10(2)32-25(41)18(11-5-6-11)35-23(9)39/h3-4,7,9-11,13,17-18,20,37-38H,5-6,8H2,1-2H3,(H,32,41)(H,33,40)(H,34,42)(H,35,39). The first kappa shape index (κ1) is 30.6. The number of amides is 4. The first-order valence-corrected chi connectivity index (χ1v) is 13.0. The number of carbonyl (C=O) groups excluding carboxylic acids is 4. The van der Waals surface area contributed by atoms with Crippen molar-refractivity contribution >= 4 is 23.6 Å². The lowest BCUT2D eigenvalue weighted by Crippen LogP contribution is -2.64. The normalized spacial score (nSPS) is 27.2. The van der Waals surface area contributed by atoms with E-state index in [-0.39, 0.29) is 5.92 Å². The zero-order valence-corrected chi connectivity index (χ0v) is 22.3. The summed E-state index contributed by atoms with van der Waals surface area (Å²) in [5.74, 6) is -13.6. The van der Waals surface area contributed by atoms with Crippen LogP contribution in [0.5, 0.6) is 5.75 Å². The zero-order valence-electron chi connectivity index (χ0n) is 22.3. The molecule has 6 N–H and O–H groups in total. The fourth-order valence-corrected chi connectivity index (χ4v) is 4.65. The van der Waals surface area contributed by atoms with Crippen LogP contribution in [-0.4, -0.2) is 74.1 Å². The molecular formula is C26H28F4N6O6. The second-order valence-corrected chi connectivity index (χ2v) is 10.3. The van der Waals surface area contributed by atoms with Crippen molar-refractivity contribution in [3.8, 4) is 5.75 Å². The predicted molar refractivity (Wildman–Crippen MR) is 134 cm³/mol. The van der Waals surface area contributed by atoms with E-state index >= 15 is 0 Å². The molecule has 1 aliphatic heterocycles. The molecule has 2 fully saturated rings. The quantitative estimate of drug-likeness (QED) is 0.206. The van der Waals surface area contributed by atoms with E-state index < -0.39 is 107 Å². The van der Waals surface area contributed by atoms with Gasteiger partial charge in [0, 0.05) is 18.2 Å². The Hall–Kier alpha value is -4.34. The fourth-order valence-electron chi connectivity index (χ4n) is 4.65. The lowest BCUT2D eigenvalue weighted by Gasteiger charge is -2.34. The largest absolute Gasteiger partial charge is 0.505 e. The van der Waals surface area contributed by atoms with Gasteiger partial charge in [0.25, 0.3) is 11.9 Å². The molecule has 0 bridgehead atoms. The van der Waals surface area contributed by atoms with Gasteiger partial charge in [0.1, 0.15) is 17.8 Å². The van der Waals surface area contributed by atoms with E-state index in [0.29, 0.717) is 12.8 Å². The molecule has 1 saturated carbocycles. The van der Waals surface area contributed by atoms with Crippen molar-refractivity contribution in [2.24, 2.45) is 11.8 Å². The molecule has 0 spiro atoms. The molecule has 1 saturated heterocycles. The third-order valence-corrected chi connectivity index (χ3v) is 7.29. The summed E-state index contributed by atoms with van der Waals surface area (Å²) in [5, 5.41) is 30.9. The summed E-state index contributed by atoms with van der Waals surface area (Å²) in [6, 6.07) is -3.05. The van der Waals surface area contributed by atoms with Crippen molar-refractivity contribution in [3.63, 3.8) is 0 Å². The highest BCUT2D eigenvalue weighted by Gasteiger charge is 2.43.